The molecule has 2 N–H and O–H groups in total. The summed E-state index contributed by atoms with van der Waals surface area (Å²) in [5.41, 5.74) is 4.06. The number of fused-ring (bicyclic) bond motifs is 3. The molecule has 0 saturated carbocycles. The molecule has 0 spiro atoms. The normalized spacial score (nSPS) is 19.7. The Labute approximate surface area is 189 Å². The molecule has 1 heterocycles. The Morgan fingerprint density at radius 2 is 1.64 bits per heavy atom. The number of carboxylic acids is 1. The van der Waals surface area contributed by atoms with E-state index in [1.54, 1.807) is 6.92 Å². The number of benzene rings is 2. The molecule has 2 atom stereocenters. The van der Waals surface area contributed by atoms with Crippen molar-refractivity contribution in [2.24, 2.45) is 11.8 Å². The molecule has 4 rings (SSSR count). The predicted octanol–water partition coefficient (Wildman–Crippen LogP) is 3.34. The van der Waals surface area contributed by atoms with Crippen molar-refractivity contribution in [2.45, 2.75) is 18.8 Å². The molecule has 0 aromatic heterocycles. The highest BCUT2D eigenvalue weighted by Crippen LogP contribution is 2.44. The van der Waals surface area contributed by atoms with E-state index in [4.69, 9.17) is 9.84 Å². The second-order valence-electron chi connectivity index (χ2n) is 8.52. The number of aliphatic carboxylic acids is 1. The number of alkyl carbamates (subject to hydrolysis) is 1. The Morgan fingerprint density at radius 3 is 2.18 bits per heavy atom. The van der Waals surface area contributed by atoms with Crippen LogP contribution in [0.3, 0.4) is 0 Å². The molecule has 1 fully saturated rings. The van der Waals surface area contributed by atoms with E-state index in [0.717, 1.165) is 27.2 Å². The smallest absolute Gasteiger partial charge is 0.407 e. The van der Waals surface area contributed by atoms with Crippen molar-refractivity contribution in [3.63, 3.8) is 0 Å². The summed E-state index contributed by atoms with van der Waals surface area (Å²) in [5.74, 6) is -8.05. The lowest BCUT2D eigenvalue weighted by Crippen LogP contribution is -2.49. The van der Waals surface area contributed by atoms with Crippen LogP contribution in [0.5, 0.6) is 0 Å². The third-order valence-electron chi connectivity index (χ3n) is 6.33. The van der Waals surface area contributed by atoms with Gasteiger partial charge < -0.3 is 20.1 Å². The fourth-order valence-electron chi connectivity index (χ4n) is 4.59. The van der Waals surface area contributed by atoms with E-state index in [1.165, 1.54) is 0 Å². The van der Waals surface area contributed by atoms with Gasteiger partial charge in [0.1, 0.15) is 6.61 Å². The van der Waals surface area contributed by atoms with Crippen LogP contribution in [0.15, 0.2) is 48.5 Å². The minimum Gasteiger partial charge on any atom is -0.481 e. The maximum atomic E-state index is 14.4. The van der Waals surface area contributed by atoms with E-state index in [-0.39, 0.29) is 25.6 Å². The fraction of sp³-hybridized carbons (Fsp3) is 0.375. The van der Waals surface area contributed by atoms with Crippen molar-refractivity contribution < 1.29 is 33.0 Å². The van der Waals surface area contributed by atoms with Gasteiger partial charge in [-0.05, 0) is 28.2 Å². The third kappa shape index (κ3) is 4.40. The molecule has 2 amide bonds. The van der Waals surface area contributed by atoms with Crippen LogP contribution >= 0.6 is 0 Å². The molecule has 2 aromatic rings. The fourth-order valence-corrected chi connectivity index (χ4v) is 4.59. The molecular formula is C24H24F2N2O5. The summed E-state index contributed by atoms with van der Waals surface area (Å²) in [6.07, 6.45) is -1.05. The molecule has 2 aliphatic rings. The lowest BCUT2D eigenvalue weighted by Gasteiger charge is -2.23. The topological polar surface area (TPSA) is 95.9 Å². The number of amides is 2. The Hall–Kier alpha value is -3.49. The quantitative estimate of drug-likeness (QED) is 0.692. The summed E-state index contributed by atoms with van der Waals surface area (Å²) in [5, 5.41) is 11.1. The van der Waals surface area contributed by atoms with Crippen molar-refractivity contribution in [1.82, 2.24) is 10.2 Å². The van der Waals surface area contributed by atoms with Gasteiger partial charge in [0.2, 0.25) is 0 Å². The molecule has 0 radical (unpaired) electrons. The zero-order valence-corrected chi connectivity index (χ0v) is 18.0. The number of rotatable bonds is 6. The minimum absolute atomic E-state index is 0.0384. The highest BCUT2D eigenvalue weighted by molar-refractivity contribution is 5.86. The number of likely N-dealkylation sites (tertiary alicyclic amines) is 1. The van der Waals surface area contributed by atoms with Gasteiger partial charge in [0.25, 0.3) is 5.91 Å². The molecule has 2 aromatic carbocycles. The van der Waals surface area contributed by atoms with Gasteiger partial charge in [-0.15, -0.1) is 0 Å². The number of halogens is 2. The number of hydrogen-bond acceptors (Lipinski definition) is 4. The Balaban J connectivity index is 1.33. The van der Waals surface area contributed by atoms with Crippen LogP contribution in [0.1, 0.15) is 24.0 Å². The first-order valence-corrected chi connectivity index (χ1v) is 10.7. The highest BCUT2D eigenvalue weighted by atomic mass is 19.3. The first-order valence-electron chi connectivity index (χ1n) is 10.7. The SMILES string of the molecule is C[C@@H]1CN(C(=O)C(F)(F)CNC(=O)OCC2c3ccccc3-c3ccccc32)C[C@H]1C(=O)O. The molecule has 1 aliphatic carbocycles. The number of hydrogen-bond donors (Lipinski definition) is 2. The Kier molecular flexibility index (Phi) is 6.05. The van der Waals surface area contributed by atoms with Crippen molar-refractivity contribution in [3.8, 4) is 11.1 Å². The number of carboxylic acid groups (broad SMARTS) is 1. The number of alkyl halides is 2. The summed E-state index contributed by atoms with van der Waals surface area (Å²) in [7, 11) is 0. The lowest BCUT2D eigenvalue weighted by atomic mass is 9.98. The standard InChI is InChI=1S/C24H24F2N2O5/c1-14-10-28(11-19(14)21(29)30)22(31)24(25,26)13-27-23(32)33-12-20-17-8-4-2-6-15(17)16-7-3-5-9-18(16)20/h2-9,14,19-20H,10-13H2,1H3,(H,27,32)(H,29,30)/t14-,19-/m1/s1. The van der Waals surface area contributed by atoms with E-state index in [9.17, 15) is 23.2 Å². The second-order valence-corrected chi connectivity index (χ2v) is 8.52. The van der Waals surface area contributed by atoms with Crippen molar-refractivity contribution in [2.75, 3.05) is 26.2 Å². The van der Waals surface area contributed by atoms with Gasteiger partial charge in [0, 0.05) is 19.0 Å². The first kappa shape index (κ1) is 22.7. The number of nitrogens with one attached hydrogen (secondary N) is 1. The second kappa shape index (κ2) is 8.80. The number of nitrogens with zero attached hydrogens (tertiary/aromatic N) is 1. The van der Waals surface area contributed by atoms with E-state index in [1.807, 2.05) is 53.8 Å². The van der Waals surface area contributed by atoms with Gasteiger partial charge in [0.15, 0.2) is 0 Å². The van der Waals surface area contributed by atoms with Crippen LogP contribution in [0.25, 0.3) is 11.1 Å². The molecular weight excluding hydrogens is 434 g/mol. The summed E-state index contributed by atoms with van der Waals surface area (Å²) in [6.45, 7) is -0.0280. The molecule has 9 heteroatoms. The van der Waals surface area contributed by atoms with Crippen LogP contribution in [0, 0.1) is 11.8 Å². The van der Waals surface area contributed by atoms with Gasteiger partial charge in [-0.2, -0.15) is 8.78 Å². The first-order chi connectivity index (χ1) is 15.7. The van der Waals surface area contributed by atoms with Crippen molar-refractivity contribution in [3.05, 3.63) is 59.7 Å². The monoisotopic (exact) mass is 458 g/mol. The van der Waals surface area contributed by atoms with Crippen LogP contribution in [0.4, 0.5) is 13.6 Å². The van der Waals surface area contributed by atoms with Gasteiger partial charge in [-0.3, -0.25) is 9.59 Å². The number of ether oxygens (including phenoxy) is 1. The molecule has 0 bridgehead atoms. The summed E-state index contributed by atoms with van der Waals surface area (Å²) in [6, 6.07) is 15.5. The van der Waals surface area contributed by atoms with Gasteiger partial charge in [0.05, 0.1) is 12.5 Å². The molecule has 1 aliphatic heterocycles. The number of carbonyl (C=O) groups is 3. The lowest BCUT2D eigenvalue weighted by molar-refractivity contribution is -0.156. The molecule has 33 heavy (non-hydrogen) atoms. The zero-order chi connectivity index (χ0) is 23.8. The zero-order valence-electron chi connectivity index (χ0n) is 18.0. The van der Waals surface area contributed by atoms with Crippen LogP contribution in [-0.4, -0.2) is 60.1 Å². The Bertz CT molecular complexity index is 1040. The minimum atomic E-state index is -3.88. The molecule has 7 nitrogen and oxygen atoms in total. The summed E-state index contributed by atoms with van der Waals surface area (Å²) in [4.78, 5) is 36.4. The van der Waals surface area contributed by atoms with Gasteiger partial charge >= 0.3 is 18.0 Å². The molecule has 1 saturated heterocycles. The average molecular weight is 458 g/mol. The van der Waals surface area contributed by atoms with Crippen LogP contribution in [0.2, 0.25) is 0 Å². The van der Waals surface area contributed by atoms with E-state index < -0.39 is 42.3 Å². The van der Waals surface area contributed by atoms with Gasteiger partial charge in [-0.25, -0.2) is 4.79 Å². The summed E-state index contributed by atoms with van der Waals surface area (Å²) < 4.78 is 34.0. The average Bonchev–Trinajstić information content (AvgIpc) is 3.34. The Morgan fingerprint density at radius 1 is 1.06 bits per heavy atom. The van der Waals surface area contributed by atoms with Crippen molar-refractivity contribution >= 4 is 18.0 Å². The van der Waals surface area contributed by atoms with Gasteiger partial charge in [-0.1, -0.05) is 55.5 Å². The van der Waals surface area contributed by atoms with Crippen LogP contribution in [-0.2, 0) is 14.3 Å². The largest absolute Gasteiger partial charge is 0.481 e. The summed E-state index contributed by atoms with van der Waals surface area (Å²) >= 11 is 0. The molecule has 174 valence electrons. The van der Waals surface area contributed by atoms with E-state index >= 15 is 0 Å². The van der Waals surface area contributed by atoms with Crippen molar-refractivity contribution in [1.29, 1.82) is 0 Å². The van der Waals surface area contributed by atoms with Crippen LogP contribution < -0.4 is 5.32 Å². The van der Waals surface area contributed by atoms with E-state index in [2.05, 4.69) is 0 Å². The predicted molar refractivity (Wildman–Crippen MR) is 115 cm³/mol. The maximum absolute atomic E-state index is 14.4. The molecule has 0 unspecified atom stereocenters. The number of carbonyl (C=O) groups excluding carboxylic acids is 2. The van der Waals surface area contributed by atoms with E-state index in [0.29, 0.717) is 0 Å². The maximum Gasteiger partial charge on any atom is 0.407 e. The highest BCUT2D eigenvalue weighted by Gasteiger charge is 2.47. The third-order valence-corrected chi connectivity index (χ3v) is 6.33.